The van der Waals surface area contributed by atoms with Gasteiger partial charge in [-0.15, -0.1) is 0 Å². The van der Waals surface area contributed by atoms with Gasteiger partial charge in [0.05, 0.1) is 13.1 Å². The summed E-state index contributed by atoms with van der Waals surface area (Å²) in [5, 5.41) is 3.06. The number of nitrogens with one attached hydrogen (secondary N) is 2. The van der Waals surface area contributed by atoms with Crippen LogP contribution in [0.25, 0.3) is 0 Å². The van der Waals surface area contributed by atoms with E-state index < -0.39 is 0 Å². The van der Waals surface area contributed by atoms with E-state index in [2.05, 4.69) is 17.4 Å². The van der Waals surface area contributed by atoms with Crippen LogP contribution < -0.4 is 10.2 Å². The highest BCUT2D eigenvalue weighted by atomic mass is 16.2. The molecule has 0 saturated carbocycles. The lowest BCUT2D eigenvalue weighted by Crippen LogP contribution is -3.14. The lowest BCUT2D eigenvalue weighted by atomic mass is 9.88. The molecular formula is C24H29N2O2+. The fourth-order valence-corrected chi connectivity index (χ4v) is 4.50. The molecule has 2 aromatic rings. The number of carbonyl (C=O) groups excluding carboxylic acids is 2. The monoisotopic (exact) mass is 377 g/mol. The van der Waals surface area contributed by atoms with E-state index in [1.54, 1.807) is 0 Å². The van der Waals surface area contributed by atoms with Crippen molar-refractivity contribution in [3.8, 4) is 0 Å². The Bertz CT molecular complexity index is 865. The van der Waals surface area contributed by atoms with E-state index in [-0.39, 0.29) is 17.6 Å². The first-order chi connectivity index (χ1) is 13.6. The molecule has 0 unspecified atom stereocenters. The molecule has 4 nitrogen and oxygen atoms in total. The molecule has 1 aliphatic heterocycles. The number of hydrogen-bond donors (Lipinski definition) is 2. The number of hydrogen-bond acceptors (Lipinski definition) is 2. The van der Waals surface area contributed by atoms with Gasteiger partial charge in [-0.2, -0.15) is 0 Å². The van der Waals surface area contributed by atoms with Gasteiger partial charge >= 0.3 is 0 Å². The highest BCUT2D eigenvalue weighted by Gasteiger charge is 2.29. The van der Waals surface area contributed by atoms with Crippen molar-refractivity contribution in [2.75, 3.05) is 25.0 Å². The molecule has 1 heterocycles. The van der Waals surface area contributed by atoms with Gasteiger partial charge in [0.2, 0.25) is 0 Å². The Morgan fingerprint density at radius 3 is 2.46 bits per heavy atom. The van der Waals surface area contributed by atoms with Crippen LogP contribution in [0.1, 0.15) is 46.3 Å². The molecule has 1 fully saturated rings. The quantitative estimate of drug-likeness (QED) is 0.787. The Morgan fingerprint density at radius 2 is 1.71 bits per heavy atom. The van der Waals surface area contributed by atoms with Crippen LogP contribution in [-0.2, 0) is 17.6 Å². The minimum absolute atomic E-state index is 0.0660. The van der Waals surface area contributed by atoms with Crippen molar-refractivity contribution in [2.45, 2.75) is 39.0 Å². The van der Waals surface area contributed by atoms with Crippen LogP contribution in [0.5, 0.6) is 0 Å². The molecule has 0 spiro atoms. The lowest BCUT2D eigenvalue weighted by Gasteiger charge is -2.28. The molecule has 2 aliphatic rings. The number of likely N-dealkylation sites (tertiary alicyclic amines) is 1. The van der Waals surface area contributed by atoms with Gasteiger partial charge in [-0.1, -0.05) is 35.9 Å². The van der Waals surface area contributed by atoms with E-state index in [0.29, 0.717) is 6.54 Å². The molecule has 28 heavy (non-hydrogen) atoms. The third-order valence-electron chi connectivity index (χ3n) is 6.19. The number of anilines is 1. The zero-order chi connectivity index (χ0) is 19.5. The Labute approximate surface area is 166 Å². The summed E-state index contributed by atoms with van der Waals surface area (Å²) < 4.78 is 0. The lowest BCUT2D eigenvalue weighted by molar-refractivity contribution is -0.897. The minimum atomic E-state index is 0.0660. The number of fused-ring (bicyclic) bond motifs is 1. The van der Waals surface area contributed by atoms with Gasteiger partial charge in [-0.05, 0) is 49.4 Å². The molecule has 1 amide bonds. The number of benzene rings is 2. The summed E-state index contributed by atoms with van der Waals surface area (Å²) >= 11 is 0. The average Bonchev–Trinajstić information content (AvgIpc) is 3.16. The third kappa shape index (κ3) is 4.33. The Kier molecular flexibility index (Phi) is 5.58. The summed E-state index contributed by atoms with van der Waals surface area (Å²) in [6, 6.07) is 14.1. The van der Waals surface area contributed by atoms with Crippen LogP contribution in [0.3, 0.4) is 0 Å². The van der Waals surface area contributed by atoms with Gasteiger partial charge in [0.25, 0.3) is 5.91 Å². The predicted molar refractivity (Wildman–Crippen MR) is 111 cm³/mol. The first-order valence-corrected chi connectivity index (χ1v) is 10.4. The highest BCUT2D eigenvalue weighted by Crippen LogP contribution is 2.24. The molecular weight excluding hydrogens is 348 g/mol. The average molecular weight is 378 g/mol. The molecule has 4 rings (SSSR count). The molecule has 2 N–H and O–H groups in total. The van der Waals surface area contributed by atoms with Crippen molar-refractivity contribution in [3.05, 3.63) is 64.7 Å². The zero-order valence-electron chi connectivity index (χ0n) is 16.6. The molecule has 4 heteroatoms. The largest absolute Gasteiger partial charge is 0.327 e. The molecule has 1 saturated heterocycles. The Hall–Kier alpha value is -2.46. The summed E-state index contributed by atoms with van der Waals surface area (Å²) in [4.78, 5) is 26.4. The summed E-state index contributed by atoms with van der Waals surface area (Å²) in [6.07, 6.45) is 5.20. The molecule has 146 valence electrons. The van der Waals surface area contributed by atoms with Crippen LogP contribution in [-0.4, -0.2) is 31.3 Å². The van der Waals surface area contributed by atoms with Crippen LogP contribution in [0.4, 0.5) is 5.69 Å². The molecule has 0 bridgehead atoms. The molecule has 0 radical (unpaired) electrons. The summed E-state index contributed by atoms with van der Waals surface area (Å²) in [7, 11) is 0. The molecule has 1 aliphatic carbocycles. The van der Waals surface area contributed by atoms with Crippen LogP contribution in [0.15, 0.2) is 42.5 Å². The maximum Gasteiger partial charge on any atom is 0.279 e. The number of piperidine rings is 1. The first kappa shape index (κ1) is 18.9. The number of aryl methyl sites for hydroxylation is 3. The van der Waals surface area contributed by atoms with E-state index in [1.165, 1.54) is 28.0 Å². The third-order valence-corrected chi connectivity index (χ3v) is 6.19. The maximum absolute atomic E-state index is 12.7. The van der Waals surface area contributed by atoms with Crippen molar-refractivity contribution in [1.82, 2.24) is 0 Å². The van der Waals surface area contributed by atoms with Crippen LogP contribution >= 0.6 is 0 Å². The maximum atomic E-state index is 12.7. The number of rotatable bonds is 5. The Balaban J connectivity index is 1.26. The zero-order valence-corrected chi connectivity index (χ0v) is 16.6. The second-order valence-corrected chi connectivity index (χ2v) is 8.32. The van der Waals surface area contributed by atoms with E-state index in [1.807, 2.05) is 37.3 Å². The van der Waals surface area contributed by atoms with E-state index in [9.17, 15) is 9.59 Å². The normalized spacial score (nSPS) is 21.2. The number of carbonyl (C=O) groups is 2. The number of quaternary nitrogens is 1. The van der Waals surface area contributed by atoms with Crippen molar-refractivity contribution >= 4 is 17.4 Å². The molecule has 0 atom stereocenters. The molecule has 0 aromatic heterocycles. The summed E-state index contributed by atoms with van der Waals surface area (Å²) in [5.41, 5.74) is 5.69. The second-order valence-electron chi connectivity index (χ2n) is 8.32. The number of ketones is 1. The topological polar surface area (TPSA) is 50.6 Å². The van der Waals surface area contributed by atoms with Gasteiger partial charge in [0.1, 0.15) is 0 Å². The summed E-state index contributed by atoms with van der Waals surface area (Å²) in [5.74, 6) is 0.407. The second kappa shape index (κ2) is 8.27. The van der Waals surface area contributed by atoms with E-state index in [0.717, 1.165) is 50.0 Å². The van der Waals surface area contributed by atoms with Crippen molar-refractivity contribution < 1.29 is 14.5 Å². The van der Waals surface area contributed by atoms with Crippen molar-refractivity contribution in [1.29, 1.82) is 0 Å². The fourth-order valence-electron chi connectivity index (χ4n) is 4.50. The summed E-state index contributed by atoms with van der Waals surface area (Å²) in [6.45, 7) is 4.26. The van der Waals surface area contributed by atoms with E-state index in [4.69, 9.17) is 0 Å². The highest BCUT2D eigenvalue weighted by molar-refractivity contribution is 5.98. The smallest absolute Gasteiger partial charge is 0.279 e. The first-order valence-electron chi connectivity index (χ1n) is 10.4. The van der Waals surface area contributed by atoms with Gasteiger partial charge < -0.3 is 10.2 Å². The van der Waals surface area contributed by atoms with Crippen molar-refractivity contribution in [2.24, 2.45) is 5.92 Å². The van der Waals surface area contributed by atoms with Crippen LogP contribution in [0.2, 0.25) is 0 Å². The number of amides is 1. The van der Waals surface area contributed by atoms with Gasteiger partial charge in [-0.25, -0.2) is 0 Å². The van der Waals surface area contributed by atoms with E-state index >= 15 is 0 Å². The Morgan fingerprint density at radius 1 is 1.00 bits per heavy atom. The SMILES string of the molecule is Cc1ccc(C(=O)C2CC[NH+](CC(=O)Nc3ccc4c(c3)CCC4)CC2)cc1. The molecule has 2 aromatic carbocycles. The van der Waals surface area contributed by atoms with Crippen molar-refractivity contribution in [3.63, 3.8) is 0 Å². The predicted octanol–water partition coefficient (Wildman–Crippen LogP) is 2.60. The van der Waals surface area contributed by atoms with Gasteiger partial charge in [0, 0.05) is 30.0 Å². The standard InChI is InChI=1S/C24H28N2O2/c1-17-5-7-19(8-6-17)24(28)20-11-13-26(14-12-20)16-23(27)25-22-10-9-18-3-2-4-21(18)15-22/h5-10,15,20H,2-4,11-14,16H2,1H3,(H,25,27)/p+1. The fraction of sp³-hybridized carbons (Fsp3) is 0.417. The van der Waals surface area contributed by atoms with Gasteiger partial charge in [-0.3, -0.25) is 9.59 Å². The van der Waals surface area contributed by atoms with Gasteiger partial charge in [0.15, 0.2) is 12.3 Å². The van der Waals surface area contributed by atoms with Crippen LogP contribution in [0, 0.1) is 12.8 Å². The minimum Gasteiger partial charge on any atom is -0.327 e. The number of Topliss-reactive ketones (excluding diaryl/α,β-unsaturated/α-hetero) is 1.